The molecule has 0 atom stereocenters. The molecule has 27 heavy (non-hydrogen) atoms. The number of aromatic nitrogens is 3. The Morgan fingerprint density at radius 3 is 2.56 bits per heavy atom. The van der Waals surface area contributed by atoms with Gasteiger partial charge >= 0.3 is 0 Å². The van der Waals surface area contributed by atoms with Gasteiger partial charge in [-0.25, -0.2) is 9.97 Å². The van der Waals surface area contributed by atoms with Crippen LogP contribution in [0.4, 0.5) is 5.95 Å². The molecule has 0 aliphatic rings. The lowest BCUT2D eigenvalue weighted by Crippen LogP contribution is -2.26. The number of methoxy groups -OCH3 is 1. The van der Waals surface area contributed by atoms with E-state index in [0.717, 1.165) is 16.9 Å². The van der Waals surface area contributed by atoms with E-state index in [0.29, 0.717) is 31.0 Å². The quantitative estimate of drug-likeness (QED) is 0.639. The van der Waals surface area contributed by atoms with Crippen molar-refractivity contribution in [3.05, 3.63) is 77.9 Å². The average Bonchev–Trinajstić information content (AvgIpc) is 2.73. The molecule has 138 valence electrons. The molecule has 1 amide bonds. The fourth-order valence-corrected chi connectivity index (χ4v) is 2.54. The minimum Gasteiger partial charge on any atom is -0.496 e. The van der Waals surface area contributed by atoms with Crippen molar-refractivity contribution in [2.45, 2.75) is 13.0 Å². The van der Waals surface area contributed by atoms with Crippen LogP contribution in [0.5, 0.6) is 5.75 Å². The summed E-state index contributed by atoms with van der Waals surface area (Å²) in [5.41, 5.74) is 2.54. The predicted octanol–water partition coefficient (Wildman–Crippen LogP) is 2.46. The molecule has 7 heteroatoms. The molecule has 0 spiro atoms. The van der Waals surface area contributed by atoms with E-state index in [9.17, 15) is 4.79 Å². The van der Waals surface area contributed by atoms with Gasteiger partial charge in [-0.2, -0.15) is 0 Å². The number of hydrogen-bond donors (Lipinski definition) is 2. The summed E-state index contributed by atoms with van der Waals surface area (Å²) in [5, 5.41) is 5.98. The number of ether oxygens (including phenoxy) is 1. The van der Waals surface area contributed by atoms with Crippen LogP contribution in [0.1, 0.15) is 21.5 Å². The molecule has 7 nitrogen and oxygen atoms in total. The van der Waals surface area contributed by atoms with Crippen LogP contribution in [0.2, 0.25) is 0 Å². The molecule has 2 N–H and O–H groups in total. The zero-order valence-electron chi connectivity index (χ0n) is 15.1. The number of para-hydroxylation sites is 1. The summed E-state index contributed by atoms with van der Waals surface area (Å²) in [7, 11) is 1.64. The fourth-order valence-electron chi connectivity index (χ4n) is 2.54. The predicted molar refractivity (Wildman–Crippen MR) is 103 cm³/mol. The van der Waals surface area contributed by atoms with Gasteiger partial charge in [-0.15, -0.1) is 0 Å². The highest BCUT2D eigenvalue weighted by Gasteiger charge is 2.08. The number of benzene rings is 1. The number of carbonyl (C=O) groups is 1. The molecule has 1 aromatic carbocycles. The summed E-state index contributed by atoms with van der Waals surface area (Å²) in [5.74, 6) is 1.09. The molecule has 0 radical (unpaired) electrons. The summed E-state index contributed by atoms with van der Waals surface area (Å²) >= 11 is 0. The van der Waals surface area contributed by atoms with Crippen molar-refractivity contribution in [2.24, 2.45) is 0 Å². The summed E-state index contributed by atoms with van der Waals surface area (Å²) in [6.07, 6.45) is 7.18. The highest BCUT2D eigenvalue weighted by atomic mass is 16.5. The minimum atomic E-state index is -0.203. The van der Waals surface area contributed by atoms with Gasteiger partial charge in [-0.1, -0.05) is 18.2 Å². The molecule has 3 aromatic rings. The summed E-state index contributed by atoms with van der Waals surface area (Å²) in [6, 6.07) is 11.6. The Balaban J connectivity index is 1.48. The number of amides is 1. The second-order valence-electron chi connectivity index (χ2n) is 5.82. The van der Waals surface area contributed by atoms with E-state index >= 15 is 0 Å². The number of hydrogen-bond acceptors (Lipinski definition) is 6. The summed E-state index contributed by atoms with van der Waals surface area (Å²) < 4.78 is 5.31. The molecule has 0 fully saturated rings. The van der Waals surface area contributed by atoms with Gasteiger partial charge in [0.15, 0.2) is 0 Å². The largest absolute Gasteiger partial charge is 0.496 e. The second kappa shape index (κ2) is 9.28. The molecule has 0 aliphatic heterocycles. The first kappa shape index (κ1) is 18.3. The lowest BCUT2D eigenvalue weighted by Gasteiger charge is -2.09. The van der Waals surface area contributed by atoms with E-state index in [4.69, 9.17) is 4.74 Å². The smallest absolute Gasteiger partial charge is 0.254 e. The van der Waals surface area contributed by atoms with Crippen molar-refractivity contribution in [3.8, 4) is 5.75 Å². The van der Waals surface area contributed by atoms with E-state index in [1.165, 1.54) is 12.4 Å². The lowest BCUT2D eigenvalue weighted by molar-refractivity contribution is 0.0953. The van der Waals surface area contributed by atoms with Crippen LogP contribution in [-0.4, -0.2) is 34.5 Å². The zero-order chi connectivity index (χ0) is 18.9. The van der Waals surface area contributed by atoms with E-state index in [1.807, 2.05) is 36.4 Å². The lowest BCUT2D eigenvalue weighted by atomic mass is 10.1. The number of carbonyl (C=O) groups excluding carboxylic acids is 1. The summed E-state index contributed by atoms with van der Waals surface area (Å²) in [4.78, 5) is 24.6. The Morgan fingerprint density at radius 2 is 1.81 bits per heavy atom. The SMILES string of the molecule is COc1ccccc1CCNC(=O)c1cnc(NCc2ccncc2)nc1. The third-order valence-electron chi connectivity index (χ3n) is 3.99. The monoisotopic (exact) mass is 363 g/mol. The Hall–Kier alpha value is -3.48. The van der Waals surface area contributed by atoms with Crippen molar-refractivity contribution in [3.63, 3.8) is 0 Å². The van der Waals surface area contributed by atoms with Crippen molar-refractivity contribution in [2.75, 3.05) is 19.0 Å². The molecular formula is C20H21N5O2. The maximum absolute atomic E-state index is 12.2. The Morgan fingerprint density at radius 1 is 1.07 bits per heavy atom. The molecule has 2 aromatic heterocycles. The van der Waals surface area contributed by atoms with Gasteiger partial charge in [-0.3, -0.25) is 9.78 Å². The first-order chi connectivity index (χ1) is 13.3. The number of anilines is 1. The second-order valence-corrected chi connectivity index (χ2v) is 5.82. The van der Waals surface area contributed by atoms with E-state index < -0.39 is 0 Å². The number of rotatable bonds is 8. The van der Waals surface area contributed by atoms with Crippen LogP contribution in [-0.2, 0) is 13.0 Å². The van der Waals surface area contributed by atoms with Crippen LogP contribution in [0.3, 0.4) is 0 Å². The first-order valence-corrected chi connectivity index (χ1v) is 8.61. The minimum absolute atomic E-state index is 0.203. The zero-order valence-corrected chi connectivity index (χ0v) is 15.1. The number of pyridine rings is 1. The van der Waals surface area contributed by atoms with Gasteiger partial charge in [0, 0.05) is 37.9 Å². The molecule has 0 saturated heterocycles. The van der Waals surface area contributed by atoms with Gasteiger partial charge in [0.05, 0.1) is 12.7 Å². The molecule has 2 heterocycles. The van der Waals surface area contributed by atoms with Crippen LogP contribution in [0.15, 0.2) is 61.2 Å². The van der Waals surface area contributed by atoms with Crippen molar-refractivity contribution >= 4 is 11.9 Å². The fraction of sp³-hybridized carbons (Fsp3) is 0.200. The van der Waals surface area contributed by atoms with Gasteiger partial charge < -0.3 is 15.4 Å². The van der Waals surface area contributed by atoms with Crippen LogP contribution in [0, 0.1) is 0 Å². The van der Waals surface area contributed by atoms with Crippen molar-refractivity contribution < 1.29 is 9.53 Å². The molecule has 0 unspecified atom stereocenters. The molecule has 0 aliphatic carbocycles. The topological polar surface area (TPSA) is 89.0 Å². The Kier molecular flexibility index (Phi) is 6.30. The van der Waals surface area contributed by atoms with Gasteiger partial charge in [-0.05, 0) is 35.7 Å². The van der Waals surface area contributed by atoms with Crippen molar-refractivity contribution in [1.29, 1.82) is 0 Å². The van der Waals surface area contributed by atoms with E-state index in [1.54, 1.807) is 19.5 Å². The third kappa shape index (κ3) is 5.24. The standard InChI is InChI=1S/C20H21N5O2/c1-27-18-5-3-2-4-16(18)8-11-22-19(26)17-13-24-20(25-14-17)23-12-15-6-9-21-10-7-15/h2-7,9-10,13-14H,8,11-12H2,1H3,(H,22,26)(H,23,24,25). The maximum Gasteiger partial charge on any atom is 0.254 e. The molecule has 0 bridgehead atoms. The maximum atomic E-state index is 12.2. The highest BCUT2D eigenvalue weighted by Crippen LogP contribution is 2.17. The van der Waals surface area contributed by atoms with E-state index in [-0.39, 0.29) is 5.91 Å². The summed E-state index contributed by atoms with van der Waals surface area (Å²) in [6.45, 7) is 1.09. The molecule has 0 saturated carbocycles. The van der Waals surface area contributed by atoms with Gasteiger partial charge in [0.2, 0.25) is 5.95 Å². The Labute approximate surface area is 157 Å². The molecular weight excluding hydrogens is 342 g/mol. The normalized spacial score (nSPS) is 10.3. The number of nitrogens with zero attached hydrogens (tertiary/aromatic N) is 3. The van der Waals surface area contributed by atoms with Crippen LogP contribution in [0.25, 0.3) is 0 Å². The van der Waals surface area contributed by atoms with Crippen LogP contribution < -0.4 is 15.4 Å². The van der Waals surface area contributed by atoms with Crippen LogP contribution >= 0.6 is 0 Å². The van der Waals surface area contributed by atoms with Gasteiger partial charge in [0.1, 0.15) is 5.75 Å². The van der Waals surface area contributed by atoms with E-state index in [2.05, 4.69) is 25.6 Å². The first-order valence-electron chi connectivity index (χ1n) is 8.61. The third-order valence-corrected chi connectivity index (χ3v) is 3.99. The molecule has 3 rings (SSSR count). The number of nitrogens with one attached hydrogen (secondary N) is 2. The average molecular weight is 363 g/mol. The highest BCUT2D eigenvalue weighted by molar-refractivity contribution is 5.93. The van der Waals surface area contributed by atoms with Crippen molar-refractivity contribution in [1.82, 2.24) is 20.3 Å². The van der Waals surface area contributed by atoms with Gasteiger partial charge in [0.25, 0.3) is 5.91 Å². The Bertz CT molecular complexity index is 869.